The zero-order valence-electron chi connectivity index (χ0n) is 14.1. The summed E-state index contributed by atoms with van der Waals surface area (Å²) in [5.74, 6) is 0.820. The van der Waals surface area contributed by atoms with Crippen LogP contribution in [0, 0.1) is 5.92 Å². The first kappa shape index (κ1) is 17.6. The quantitative estimate of drug-likeness (QED) is 0.708. The number of aliphatic hydroxyl groups excluding tert-OH is 1. The minimum absolute atomic E-state index is 0.0149. The van der Waals surface area contributed by atoms with Gasteiger partial charge in [0.15, 0.2) is 0 Å². The van der Waals surface area contributed by atoms with Gasteiger partial charge in [0.2, 0.25) is 5.91 Å². The maximum absolute atomic E-state index is 12.7. The van der Waals surface area contributed by atoms with Crippen molar-refractivity contribution < 1.29 is 14.6 Å². The van der Waals surface area contributed by atoms with E-state index >= 15 is 0 Å². The summed E-state index contributed by atoms with van der Waals surface area (Å²) < 4.78 is 6.18. The molecule has 0 unspecified atom stereocenters. The van der Waals surface area contributed by atoms with Gasteiger partial charge in [-0.25, -0.2) is 0 Å². The lowest BCUT2D eigenvalue weighted by molar-refractivity contribution is -0.134. The largest absolute Gasteiger partial charge is 0.488 e. The predicted molar refractivity (Wildman–Crippen MR) is 90.3 cm³/mol. The van der Waals surface area contributed by atoms with E-state index in [2.05, 4.69) is 12.2 Å². The number of anilines is 1. The lowest BCUT2D eigenvalue weighted by atomic mass is 10.0. The van der Waals surface area contributed by atoms with E-state index < -0.39 is 0 Å². The van der Waals surface area contributed by atoms with Crippen molar-refractivity contribution in [1.29, 1.82) is 0 Å². The van der Waals surface area contributed by atoms with Crippen LogP contribution in [0.1, 0.15) is 19.4 Å². The van der Waals surface area contributed by atoms with E-state index in [1.165, 1.54) is 0 Å². The highest BCUT2D eigenvalue weighted by Crippen LogP contribution is 2.27. The maximum atomic E-state index is 12.7. The minimum atomic E-state index is -0.220. The average molecular weight is 321 g/mol. The average Bonchev–Trinajstić information content (AvgIpc) is 2.56. The van der Waals surface area contributed by atoms with Crippen LogP contribution in [0.2, 0.25) is 0 Å². The summed E-state index contributed by atoms with van der Waals surface area (Å²) in [4.78, 5) is 14.5. The number of carbonyl (C=O) groups is 1. The Morgan fingerprint density at radius 3 is 2.91 bits per heavy atom. The number of fused-ring (bicyclic) bond motifs is 1. The minimum Gasteiger partial charge on any atom is -0.488 e. The molecule has 1 heterocycles. The first-order chi connectivity index (χ1) is 11.0. The molecule has 128 valence electrons. The number of rotatable bonds is 4. The zero-order chi connectivity index (χ0) is 17.0. The van der Waals surface area contributed by atoms with Gasteiger partial charge in [-0.3, -0.25) is 4.79 Å². The van der Waals surface area contributed by atoms with Gasteiger partial charge in [0, 0.05) is 30.3 Å². The number of nitrogens with zero attached hydrogens (tertiary/aromatic N) is 1. The number of amides is 1. The second-order valence-electron chi connectivity index (χ2n) is 6.31. The molecule has 0 radical (unpaired) electrons. The molecule has 23 heavy (non-hydrogen) atoms. The fraction of sp³-hybridized carbons (Fsp3) is 0.588. The van der Waals surface area contributed by atoms with Crippen LogP contribution in [0.15, 0.2) is 18.2 Å². The Balaban J connectivity index is 2.40. The molecule has 0 fully saturated rings. The number of hydrogen-bond donors (Lipinski definition) is 3. The summed E-state index contributed by atoms with van der Waals surface area (Å²) in [6, 6.07) is 5.19. The second-order valence-corrected chi connectivity index (χ2v) is 6.31. The highest BCUT2D eigenvalue weighted by atomic mass is 16.5. The molecule has 1 aromatic rings. The van der Waals surface area contributed by atoms with Gasteiger partial charge >= 0.3 is 0 Å². The van der Waals surface area contributed by atoms with Crippen molar-refractivity contribution >= 4 is 11.6 Å². The molecule has 1 amide bonds. The van der Waals surface area contributed by atoms with Crippen LogP contribution in [-0.4, -0.2) is 54.8 Å². The van der Waals surface area contributed by atoms with Gasteiger partial charge in [0.1, 0.15) is 11.9 Å². The van der Waals surface area contributed by atoms with Gasteiger partial charge in [-0.1, -0.05) is 6.92 Å². The third kappa shape index (κ3) is 4.14. The molecule has 3 atom stereocenters. The molecule has 0 aromatic heterocycles. The van der Waals surface area contributed by atoms with E-state index in [0.29, 0.717) is 24.5 Å². The SMILES string of the molecule is CNC[C@@H]1Oc2ccc(N)cc2CC(=O)N([C@H](C)CO)C[C@H]1C. The Kier molecular flexibility index (Phi) is 5.85. The topological polar surface area (TPSA) is 87.8 Å². The fourth-order valence-electron chi connectivity index (χ4n) is 2.89. The van der Waals surface area contributed by atoms with Crippen molar-refractivity contribution in [3.8, 4) is 5.75 Å². The van der Waals surface area contributed by atoms with E-state index in [-0.39, 0.29) is 37.0 Å². The van der Waals surface area contributed by atoms with Gasteiger partial charge < -0.3 is 25.8 Å². The first-order valence-corrected chi connectivity index (χ1v) is 8.06. The summed E-state index contributed by atoms with van der Waals surface area (Å²) in [6.45, 7) is 5.10. The molecular formula is C17H27N3O3. The molecule has 1 aliphatic heterocycles. The predicted octanol–water partition coefficient (Wildman–Crippen LogP) is 0.637. The van der Waals surface area contributed by atoms with E-state index in [1.54, 1.807) is 17.0 Å². The second kappa shape index (κ2) is 7.66. The third-order valence-corrected chi connectivity index (χ3v) is 4.35. The van der Waals surface area contributed by atoms with E-state index in [1.807, 2.05) is 20.0 Å². The van der Waals surface area contributed by atoms with Crippen molar-refractivity contribution in [2.45, 2.75) is 32.4 Å². The molecule has 0 aliphatic carbocycles. The standard InChI is InChI=1S/C17H27N3O3/c1-11-9-20(12(2)10-21)17(22)7-13-6-14(18)4-5-15(13)23-16(11)8-19-3/h4-6,11-12,16,19,21H,7-10,18H2,1-3H3/t11-,12-,16+/m1/s1. The Labute approximate surface area is 137 Å². The number of nitrogens with one attached hydrogen (secondary N) is 1. The molecule has 0 saturated carbocycles. The molecule has 0 spiro atoms. The van der Waals surface area contributed by atoms with Crippen LogP contribution in [0.3, 0.4) is 0 Å². The molecular weight excluding hydrogens is 294 g/mol. The van der Waals surface area contributed by atoms with E-state index in [0.717, 1.165) is 5.56 Å². The van der Waals surface area contributed by atoms with Crippen molar-refractivity contribution in [3.63, 3.8) is 0 Å². The number of benzene rings is 1. The molecule has 1 aromatic carbocycles. The number of ether oxygens (including phenoxy) is 1. The van der Waals surface area contributed by atoms with Crippen LogP contribution in [0.25, 0.3) is 0 Å². The number of aliphatic hydroxyl groups is 1. The highest BCUT2D eigenvalue weighted by molar-refractivity contribution is 5.80. The Hall–Kier alpha value is -1.79. The molecule has 4 N–H and O–H groups in total. The smallest absolute Gasteiger partial charge is 0.227 e. The molecule has 0 saturated heterocycles. The first-order valence-electron chi connectivity index (χ1n) is 8.06. The van der Waals surface area contributed by atoms with Gasteiger partial charge in [-0.2, -0.15) is 0 Å². The van der Waals surface area contributed by atoms with Crippen molar-refractivity contribution in [1.82, 2.24) is 10.2 Å². The summed E-state index contributed by atoms with van der Waals surface area (Å²) >= 11 is 0. The molecule has 6 heteroatoms. The molecule has 6 nitrogen and oxygen atoms in total. The summed E-state index contributed by atoms with van der Waals surface area (Å²) in [6.07, 6.45) is 0.158. The lowest BCUT2D eigenvalue weighted by Crippen LogP contribution is -2.47. The Morgan fingerprint density at radius 1 is 1.52 bits per heavy atom. The molecule has 1 aliphatic rings. The van der Waals surface area contributed by atoms with E-state index in [4.69, 9.17) is 10.5 Å². The number of carbonyl (C=O) groups excluding carboxylic acids is 1. The van der Waals surface area contributed by atoms with Crippen molar-refractivity contribution in [2.24, 2.45) is 5.92 Å². The zero-order valence-corrected chi connectivity index (χ0v) is 14.1. The number of likely N-dealkylation sites (N-methyl/N-ethyl adjacent to an activating group) is 1. The monoisotopic (exact) mass is 321 g/mol. The lowest BCUT2D eigenvalue weighted by Gasteiger charge is -2.32. The number of nitrogen functional groups attached to an aromatic ring is 1. The van der Waals surface area contributed by atoms with Gasteiger partial charge in [0.05, 0.1) is 19.1 Å². The van der Waals surface area contributed by atoms with Crippen LogP contribution in [0.5, 0.6) is 5.75 Å². The van der Waals surface area contributed by atoms with Gasteiger partial charge in [-0.15, -0.1) is 0 Å². The van der Waals surface area contributed by atoms with Crippen LogP contribution >= 0.6 is 0 Å². The molecule has 0 bridgehead atoms. The summed E-state index contributed by atoms with van der Waals surface area (Å²) in [7, 11) is 1.88. The maximum Gasteiger partial charge on any atom is 0.227 e. The van der Waals surface area contributed by atoms with Crippen molar-refractivity contribution in [3.05, 3.63) is 23.8 Å². The van der Waals surface area contributed by atoms with E-state index in [9.17, 15) is 9.90 Å². The van der Waals surface area contributed by atoms with Gasteiger partial charge in [0.25, 0.3) is 0 Å². The Morgan fingerprint density at radius 2 is 2.26 bits per heavy atom. The van der Waals surface area contributed by atoms with Crippen LogP contribution in [0.4, 0.5) is 5.69 Å². The Bertz CT molecular complexity index is 550. The fourth-order valence-corrected chi connectivity index (χ4v) is 2.89. The van der Waals surface area contributed by atoms with Crippen LogP contribution in [-0.2, 0) is 11.2 Å². The summed E-state index contributed by atoms with van der Waals surface area (Å²) in [5.41, 5.74) is 7.27. The van der Waals surface area contributed by atoms with Crippen LogP contribution < -0.4 is 15.8 Å². The normalized spacial score (nSPS) is 23.3. The molecule has 2 rings (SSSR count). The number of nitrogens with two attached hydrogens (primary N) is 1. The summed E-state index contributed by atoms with van der Waals surface area (Å²) in [5, 5.41) is 12.6. The highest BCUT2D eigenvalue weighted by Gasteiger charge is 2.29. The third-order valence-electron chi connectivity index (χ3n) is 4.35. The van der Waals surface area contributed by atoms with Crippen molar-refractivity contribution in [2.75, 3.05) is 32.5 Å². The van der Waals surface area contributed by atoms with Gasteiger partial charge in [-0.05, 0) is 32.2 Å². The number of hydrogen-bond acceptors (Lipinski definition) is 5.